The van der Waals surface area contributed by atoms with Gasteiger partial charge >= 0.3 is 0 Å². The highest BCUT2D eigenvalue weighted by Crippen LogP contribution is 2.27. The number of hydrogen-bond donors (Lipinski definition) is 1. The Morgan fingerprint density at radius 2 is 1.90 bits per heavy atom. The first-order chi connectivity index (χ1) is 14.4. The van der Waals surface area contributed by atoms with Crippen molar-refractivity contribution in [1.82, 2.24) is 19.7 Å². The highest BCUT2D eigenvalue weighted by molar-refractivity contribution is 7.83. The molecule has 4 rings (SSSR count). The smallest absolute Gasteiger partial charge is 0.229 e. The lowest BCUT2D eigenvalue weighted by atomic mass is 10.2. The maximum absolute atomic E-state index is 11.4. The summed E-state index contributed by atoms with van der Waals surface area (Å²) in [6.07, 6.45) is 3.44. The zero-order valence-corrected chi connectivity index (χ0v) is 18.3. The van der Waals surface area contributed by atoms with Crippen LogP contribution in [0, 0.1) is 6.92 Å². The lowest BCUT2D eigenvalue weighted by Crippen LogP contribution is -2.12. The summed E-state index contributed by atoms with van der Waals surface area (Å²) >= 11 is 0. The molecule has 0 saturated carbocycles. The summed E-state index contributed by atoms with van der Waals surface area (Å²) in [5.41, 5.74) is 5.02. The lowest BCUT2D eigenvalue weighted by Gasteiger charge is -2.19. The third kappa shape index (κ3) is 4.18. The van der Waals surface area contributed by atoms with Gasteiger partial charge in [0, 0.05) is 65.6 Å². The van der Waals surface area contributed by atoms with E-state index < -0.39 is 10.8 Å². The van der Waals surface area contributed by atoms with Crippen molar-refractivity contribution in [2.45, 2.75) is 12.7 Å². The summed E-state index contributed by atoms with van der Waals surface area (Å²) in [4.78, 5) is 11.0. The van der Waals surface area contributed by atoms with E-state index in [1.165, 1.54) is 0 Å². The standard InChI is InChI=1S/C22H24N6OS/c1-15-19-10-9-18(13-20(19)26-28(15)3)27(2)21-11-12-23-22(25-21)24-17-7-5-16(6-8-17)14-30(4)29/h5-13H,14H2,1-4H3,(H,23,24,25). The van der Waals surface area contributed by atoms with Crippen molar-refractivity contribution >= 4 is 44.8 Å². The first-order valence-corrected chi connectivity index (χ1v) is 11.3. The monoisotopic (exact) mass is 420 g/mol. The Labute approximate surface area is 178 Å². The number of rotatable bonds is 6. The molecule has 1 N–H and O–H groups in total. The molecule has 154 valence electrons. The average molecular weight is 421 g/mol. The molecule has 0 bridgehead atoms. The van der Waals surface area contributed by atoms with Gasteiger partial charge in [0.1, 0.15) is 5.82 Å². The van der Waals surface area contributed by atoms with Crippen LogP contribution in [-0.2, 0) is 23.6 Å². The molecule has 8 heteroatoms. The number of anilines is 4. The molecule has 4 aromatic rings. The maximum atomic E-state index is 11.4. The van der Waals surface area contributed by atoms with Gasteiger partial charge in [0.05, 0.1) is 5.52 Å². The first kappa shape index (κ1) is 20.0. The van der Waals surface area contributed by atoms with Crippen LogP contribution in [0.4, 0.5) is 23.1 Å². The van der Waals surface area contributed by atoms with Crippen LogP contribution < -0.4 is 10.2 Å². The second-order valence-electron chi connectivity index (χ2n) is 7.25. The van der Waals surface area contributed by atoms with Gasteiger partial charge in [0.15, 0.2) is 0 Å². The van der Waals surface area contributed by atoms with Crippen LogP contribution in [0.2, 0.25) is 0 Å². The van der Waals surface area contributed by atoms with Crippen LogP contribution in [0.3, 0.4) is 0 Å². The van der Waals surface area contributed by atoms with Crippen LogP contribution in [0.5, 0.6) is 0 Å². The first-order valence-electron chi connectivity index (χ1n) is 9.57. The Balaban J connectivity index is 1.54. The van der Waals surface area contributed by atoms with E-state index in [-0.39, 0.29) is 0 Å². The molecule has 0 saturated heterocycles. The average Bonchev–Trinajstić information content (AvgIpc) is 3.02. The molecule has 0 amide bonds. The van der Waals surface area contributed by atoms with Crippen LogP contribution >= 0.6 is 0 Å². The Kier molecular flexibility index (Phi) is 5.50. The molecule has 2 heterocycles. The van der Waals surface area contributed by atoms with Gasteiger partial charge in [-0.05, 0) is 48.9 Å². The Hall–Kier alpha value is -3.26. The van der Waals surface area contributed by atoms with Gasteiger partial charge in [-0.1, -0.05) is 12.1 Å². The Bertz CT molecular complexity index is 1220. The van der Waals surface area contributed by atoms with Gasteiger partial charge in [0.25, 0.3) is 0 Å². The Morgan fingerprint density at radius 3 is 2.63 bits per heavy atom. The molecule has 7 nitrogen and oxygen atoms in total. The van der Waals surface area contributed by atoms with Crippen LogP contribution in [0.1, 0.15) is 11.3 Å². The van der Waals surface area contributed by atoms with Crippen molar-refractivity contribution in [2.75, 3.05) is 23.5 Å². The molecule has 2 aromatic heterocycles. The topological polar surface area (TPSA) is 75.9 Å². The summed E-state index contributed by atoms with van der Waals surface area (Å²) in [5, 5.41) is 8.95. The maximum Gasteiger partial charge on any atom is 0.229 e. The van der Waals surface area contributed by atoms with Crippen molar-refractivity contribution in [1.29, 1.82) is 0 Å². The summed E-state index contributed by atoms with van der Waals surface area (Å²) in [5.74, 6) is 1.84. The number of nitrogens with one attached hydrogen (secondary N) is 1. The highest BCUT2D eigenvalue weighted by Gasteiger charge is 2.11. The number of aromatic nitrogens is 4. The highest BCUT2D eigenvalue weighted by atomic mass is 32.2. The zero-order chi connectivity index (χ0) is 21.3. The largest absolute Gasteiger partial charge is 0.329 e. The van der Waals surface area contributed by atoms with E-state index in [2.05, 4.69) is 45.5 Å². The number of fused-ring (bicyclic) bond motifs is 1. The molecule has 30 heavy (non-hydrogen) atoms. The van der Waals surface area contributed by atoms with E-state index in [0.29, 0.717) is 11.7 Å². The molecule has 0 spiro atoms. The quantitative estimate of drug-likeness (QED) is 0.507. The third-order valence-corrected chi connectivity index (χ3v) is 5.81. The SMILES string of the molecule is Cc1c2ccc(N(C)c3ccnc(Nc4ccc(CS(C)=O)cc4)n3)cc2nn1C. The number of nitrogens with zero attached hydrogens (tertiary/aromatic N) is 5. The molecule has 0 aliphatic heterocycles. The van der Waals surface area contributed by atoms with Gasteiger partial charge in [-0.3, -0.25) is 8.89 Å². The van der Waals surface area contributed by atoms with Gasteiger partial charge in [-0.15, -0.1) is 0 Å². The predicted molar refractivity (Wildman–Crippen MR) is 123 cm³/mol. The fraction of sp³-hybridized carbons (Fsp3) is 0.227. The minimum absolute atomic E-state index is 0.515. The van der Waals surface area contributed by atoms with Crippen LogP contribution in [0.15, 0.2) is 54.7 Å². The fourth-order valence-electron chi connectivity index (χ4n) is 3.30. The summed E-state index contributed by atoms with van der Waals surface area (Å²) in [7, 11) is 3.08. The van der Waals surface area contributed by atoms with E-state index in [9.17, 15) is 4.21 Å². The van der Waals surface area contributed by atoms with Crippen LogP contribution in [0.25, 0.3) is 10.9 Å². The minimum atomic E-state index is -0.853. The van der Waals surface area contributed by atoms with E-state index in [0.717, 1.165) is 39.4 Å². The van der Waals surface area contributed by atoms with E-state index in [1.807, 2.05) is 54.0 Å². The summed E-state index contributed by atoms with van der Waals surface area (Å²) in [6, 6.07) is 15.9. The number of aryl methyl sites for hydroxylation is 2. The van der Waals surface area contributed by atoms with Crippen molar-refractivity contribution in [3.8, 4) is 0 Å². The van der Waals surface area contributed by atoms with E-state index >= 15 is 0 Å². The third-order valence-electron chi connectivity index (χ3n) is 5.07. The minimum Gasteiger partial charge on any atom is -0.329 e. The molecule has 1 atom stereocenters. The van der Waals surface area contributed by atoms with Gasteiger partial charge in [-0.2, -0.15) is 10.1 Å². The number of hydrogen-bond acceptors (Lipinski definition) is 6. The van der Waals surface area contributed by atoms with Crippen LogP contribution in [-0.4, -0.2) is 37.3 Å². The molecule has 1 unspecified atom stereocenters. The molecule has 2 aromatic carbocycles. The summed E-state index contributed by atoms with van der Waals surface area (Å²) in [6.45, 7) is 2.06. The molecular formula is C22H24N6OS. The van der Waals surface area contributed by atoms with Crippen molar-refractivity contribution < 1.29 is 4.21 Å². The molecule has 0 aliphatic carbocycles. The lowest BCUT2D eigenvalue weighted by molar-refractivity contribution is 0.686. The zero-order valence-electron chi connectivity index (χ0n) is 17.5. The molecular weight excluding hydrogens is 396 g/mol. The molecule has 0 fully saturated rings. The fourth-order valence-corrected chi connectivity index (χ4v) is 3.97. The Morgan fingerprint density at radius 1 is 1.13 bits per heavy atom. The van der Waals surface area contributed by atoms with Gasteiger partial charge in [-0.25, -0.2) is 4.98 Å². The van der Waals surface area contributed by atoms with Crippen molar-refractivity contribution in [3.63, 3.8) is 0 Å². The van der Waals surface area contributed by atoms with Crippen molar-refractivity contribution in [2.24, 2.45) is 7.05 Å². The van der Waals surface area contributed by atoms with Gasteiger partial charge < -0.3 is 10.2 Å². The molecule has 0 radical (unpaired) electrons. The second-order valence-corrected chi connectivity index (χ2v) is 8.68. The van der Waals surface area contributed by atoms with Crippen molar-refractivity contribution in [3.05, 3.63) is 66.0 Å². The molecule has 0 aliphatic rings. The van der Waals surface area contributed by atoms with Gasteiger partial charge in [0.2, 0.25) is 5.95 Å². The normalized spacial score (nSPS) is 12.1. The second kappa shape index (κ2) is 8.23. The van der Waals surface area contributed by atoms with E-state index in [4.69, 9.17) is 0 Å². The predicted octanol–water partition coefficient (Wildman–Crippen LogP) is 4.06. The van der Waals surface area contributed by atoms with E-state index in [1.54, 1.807) is 12.5 Å². The number of benzene rings is 2. The summed E-state index contributed by atoms with van der Waals surface area (Å²) < 4.78 is 13.3.